The molecule has 1 saturated heterocycles. The van der Waals surface area contributed by atoms with Gasteiger partial charge in [-0.2, -0.15) is 0 Å². The molecule has 0 unspecified atom stereocenters. The van der Waals surface area contributed by atoms with Crippen molar-refractivity contribution in [3.8, 4) is 0 Å². The molecule has 1 fully saturated rings. The first-order valence-electron chi connectivity index (χ1n) is 5.08. The van der Waals surface area contributed by atoms with Crippen molar-refractivity contribution in [2.75, 3.05) is 13.1 Å². The molecule has 0 atom stereocenters. The molecule has 0 aromatic carbocycles. The molecule has 0 radical (unpaired) electrons. The van der Waals surface area contributed by atoms with Crippen LogP contribution >= 0.6 is 11.6 Å². The topological polar surface area (TPSA) is 20.3 Å². The summed E-state index contributed by atoms with van der Waals surface area (Å²) in [4.78, 5) is 12.6. The van der Waals surface area contributed by atoms with E-state index in [0.717, 1.165) is 25.9 Å². The second-order valence-electron chi connectivity index (χ2n) is 3.95. The van der Waals surface area contributed by atoms with Gasteiger partial charge in [0.2, 0.25) is 0 Å². The van der Waals surface area contributed by atoms with E-state index in [0.29, 0.717) is 5.41 Å². The molecule has 3 heteroatoms. The zero-order valence-electron chi connectivity index (χ0n) is 8.48. The molecule has 1 aliphatic rings. The molecule has 0 bridgehead atoms. The summed E-state index contributed by atoms with van der Waals surface area (Å²) >= 11 is 5.42. The molecule has 0 aliphatic carbocycles. The summed E-state index contributed by atoms with van der Waals surface area (Å²) in [5.74, 6) is 0. The number of halogens is 1. The van der Waals surface area contributed by atoms with Gasteiger partial charge in [-0.15, -0.1) is 0 Å². The Labute approximate surface area is 85.2 Å². The van der Waals surface area contributed by atoms with Crippen LogP contribution in [0.3, 0.4) is 0 Å². The minimum absolute atomic E-state index is 0.291. The summed E-state index contributed by atoms with van der Waals surface area (Å²) in [6.45, 7) is 6.15. The number of carbonyl (C=O) groups is 1. The number of likely N-dealkylation sites (tertiary alicyclic amines) is 1. The molecular weight excluding hydrogens is 186 g/mol. The summed E-state index contributed by atoms with van der Waals surface area (Å²) < 4.78 is 0. The highest BCUT2D eigenvalue weighted by atomic mass is 35.5. The molecule has 0 spiro atoms. The average Bonchev–Trinajstić information content (AvgIpc) is 2.18. The Kier molecular flexibility index (Phi) is 3.60. The Balaban J connectivity index is 2.50. The molecule has 76 valence electrons. The van der Waals surface area contributed by atoms with Gasteiger partial charge in [0.15, 0.2) is 0 Å². The summed E-state index contributed by atoms with van der Waals surface area (Å²) in [7, 11) is 0. The number of piperidine rings is 1. The minimum Gasteiger partial charge on any atom is -0.329 e. The molecule has 0 saturated carbocycles. The van der Waals surface area contributed by atoms with Crippen molar-refractivity contribution in [3.63, 3.8) is 0 Å². The van der Waals surface area contributed by atoms with E-state index in [-0.39, 0.29) is 5.37 Å². The van der Waals surface area contributed by atoms with Gasteiger partial charge < -0.3 is 4.90 Å². The van der Waals surface area contributed by atoms with E-state index >= 15 is 0 Å². The third-order valence-electron chi connectivity index (χ3n) is 3.57. The van der Waals surface area contributed by atoms with Crippen LogP contribution in [0, 0.1) is 5.41 Å². The van der Waals surface area contributed by atoms with Crippen molar-refractivity contribution < 1.29 is 4.79 Å². The number of rotatable bonds is 2. The third kappa shape index (κ3) is 2.37. The lowest BCUT2D eigenvalue weighted by molar-refractivity contribution is 0.118. The molecule has 2 nitrogen and oxygen atoms in total. The molecule has 1 aliphatic heterocycles. The highest BCUT2D eigenvalue weighted by Crippen LogP contribution is 2.37. The van der Waals surface area contributed by atoms with E-state index in [4.69, 9.17) is 11.6 Å². The first kappa shape index (κ1) is 10.8. The molecule has 1 rings (SSSR count). The first-order chi connectivity index (χ1) is 6.13. The summed E-state index contributed by atoms with van der Waals surface area (Å²) in [5.41, 5.74) is 0.475. The maximum absolute atomic E-state index is 10.9. The first-order valence-corrected chi connectivity index (χ1v) is 5.46. The van der Waals surface area contributed by atoms with Gasteiger partial charge in [-0.1, -0.05) is 26.7 Å². The standard InChI is InChI=1S/C10H18ClNO/c1-3-10(4-2)5-7-12(8-6-10)9(11)13/h3-8H2,1-2H3. The van der Waals surface area contributed by atoms with Crippen LogP contribution in [0.25, 0.3) is 0 Å². The van der Waals surface area contributed by atoms with Crippen LogP contribution in [-0.2, 0) is 0 Å². The Bertz CT molecular complexity index is 179. The number of hydrogen-bond donors (Lipinski definition) is 0. The summed E-state index contributed by atoms with van der Waals surface area (Å²) in [6.07, 6.45) is 4.65. The van der Waals surface area contributed by atoms with Crippen LogP contribution in [0.2, 0.25) is 0 Å². The van der Waals surface area contributed by atoms with Crippen LogP contribution < -0.4 is 0 Å². The highest BCUT2D eigenvalue weighted by molar-refractivity contribution is 6.62. The fourth-order valence-electron chi connectivity index (χ4n) is 2.11. The van der Waals surface area contributed by atoms with E-state index < -0.39 is 0 Å². The molecule has 0 aromatic heterocycles. The Morgan fingerprint density at radius 1 is 1.31 bits per heavy atom. The van der Waals surface area contributed by atoms with Crippen molar-refractivity contribution in [1.82, 2.24) is 4.90 Å². The number of hydrogen-bond acceptors (Lipinski definition) is 1. The van der Waals surface area contributed by atoms with Crippen molar-refractivity contribution in [3.05, 3.63) is 0 Å². The number of nitrogens with zero attached hydrogens (tertiary/aromatic N) is 1. The van der Waals surface area contributed by atoms with E-state index in [9.17, 15) is 4.79 Å². The van der Waals surface area contributed by atoms with Crippen molar-refractivity contribution in [2.45, 2.75) is 39.5 Å². The fraction of sp³-hybridized carbons (Fsp3) is 0.900. The third-order valence-corrected chi connectivity index (χ3v) is 3.81. The lowest BCUT2D eigenvalue weighted by atomic mass is 9.74. The number of amides is 1. The van der Waals surface area contributed by atoms with E-state index in [1.54, 1.807) is 4.90 Å². The van der Waals surface area contributed by atoms with Crippen LogP contribution in [0.15, 0.2) is 0 Å². The maximum Gasteiger partial charge on any atom is 0.316 e. The SMILES string of the molecule is CCC1(CC)CCN(C(=O)Cl)CC1. The average molecular weight is 204 g/mol. The molecule has 13 heavy (non-hydrogen) atoms. The van der Waals surface area contributed by atoms with Crippen molar-refractivity contribution in [2.24, 2.45) is 5.41 Å². The van der Waals surface area contributed by atoms with E-state index in [2.05, 4.69) is 13.8 Å². The van der Waals surface area contributed by atoms with Crippen molar-refractivity contribution >= 4 is 17.0 Å². The lowest BCUT2D eigenvalue weighted by Crippen LogP contribution is -2.40. The zero-order valence-corrected chi connectivity index (χ0v) is 9.23. The zero-order chi connectivity index (χ0) is 9.90. The largest absolute Gasteiger partial charge is 0.329 e. The highest BCUT2D eigenvalue weighted by Gasteiger charge is 2.32. The smallest absolute Gasteiger partial charge is 0.316 e. The summed E-state index contributed by atoms with van der Waals surface area (Å²) in [5, 5.41) is -0.291. The van der Waals surface area contributed by atoms with Gasteiger partial charge in [0.1, 0.15) is 0 Å². The van der Waals surface area contributed by atoms with Gasteiger partial charge >= 0.3 is 5.37 Å². The second kappa shape index (κ2) is 4.32. The molecule has 0 aromatic rings. The van der Waals surface area contributed by atoms with Gasteiger partial charge in [-0.05, 0) is 29.9 Å². The molecule has 1 amide bonds. The maximum atomic E-state index is 10.9. The van der Waals surface area contributed by atoms with Crippen molar-refractivity contribution in [1.29, 1.82) is 0 Å². The van der Waals surface area contributed by atoms with E-state index in [1.807, 2.05) is 0 Å². The van der Waals surface area contributed by atoms with Crippen LogP contribution in [0.1, 0.15) is 39.5 Å². The predicted octanol–water partition coefficient (Wildman–Crippen LogP) is 3.25. The Morgan fingerprint density at radius 2 is 1.77 bits per heavy atom. The fourth-order valence-corrected chi connectivity index (χ4v) is 2.28. The Hall–Kier alpha value is -0.240. The molecule has 1 heterocycles. The van der Waals surface area contributed by atoms with Crippen LogP contribution in [0.4, 0.5) is 4.79 Å². The van der Waals surface area contributed by atoms with Crippen LogP contribution in [-0.4, -0.2) is 23.4 Å². The van der Waals surface area contributed by atoms with Gasteiger partial charge in [-0.3, -0.25) is 4.79 Å². The number of carbonyl (C=O) groups excluding carboxylic acids is 1. The monoisotopic (exact) mass is 203 g/mol. The quantitative estimate of drug-likeness (QED) is 0.499. The van der Waals surface area contributed by atoms with Crippen LogP contribution in [0.5, 0.6) is 0 Å². The van der Waals surface area contributed by atoms with Gasteiger partial charge in [0, 0.05) is 13.1 Å². The van der Waals surface area contributed by atoms with Gasteiger partial charge in [0.25, 0.3) is 0 Å². The van der Waals surface area contributed by atoms with Gasteiger partial charge in [0.05, 0.1) is 0 Å². The predicted molar refractivity (Wildman–Crippen MR) is 55.1 cm³/mol. The van der Waals surface area contributed by atoms with Gasteiger partial charge in [-0.25, -0.2) is 0 Å². The normalized spacial score (nSPS) is 21.6. The molecule has 0 N–H and O–H groups in total. The Morgan fingerprint density at radius 3 is 2.08 bits per heavy atom. The minimum atomic E-state index is -0.291. The van der Waals surface area contributed by atoms with E-state index in [1.165, 1.54) is 12.8 Å². The molecular formula is C10H18ClNO. The summed E-state index contributed by atoms with van der Waals surface area (Å²) in [6, 6.07) is 0. The lowest BCUT2D eigenvalue weighted by Gasteiger charge is -2.40. The second-order valence-corrected chi connectivity index (χ2v) is 4.27.